The number of benzene rings is 2. The summed E-state index contributed by atoms with van der Waals surface area (Å²) < 4.78 is 26.7. The van der Waals surface area contributed by atoms with Crippen LogP contribution in [0.1, 0.15) is 23.2 Å². The summed E-state index contributed by atoms with van der Waals surface area (Å²) in [6.45, 7) is 1.77. The van der Waals surface area contributed by atoms with E-state index in [4.69, 9.17) is 0 Å². The smallest absolute Gasteiger partial charge is 0.255 e. The van der Waals surface area contributed by atoms with Crippen LogP contribution in [0.5, 0.6) is 0 Å². The average molecular weight is 302 g/mol. The summed E-state index contributed by atoms with van der Waals surface area (Å²) in [5.74, 6) is -1.35. The molecule has 114 valence electrons. The van der Waals surface area contributed by atoms with E-state index in [9.17, 15) is 13.6 Å². The molecule has 0 aromatic heterocycles. The molecule has 5 heteroatoms. The SMILES string of the molecule is O=C(Nc1cc(F)ccc1N1CCCC1)c1cccc(F)c1. The third kappa shape index (κ3) is 3.08. The Hall–Kier alpha value is -2.43. The zero-order valence-corrected chi connectivity index (χ0v) is 12.0. The van der Waals surface area contributed by atoms with Crippen molar-refractivity contribution in [3.05, 3.63) is 59.7 Å². The zero-order chi connectivity index (χ0) is 15.5. The number of amides is 1. The molecule has 1 N–H and O–H groups in total. The summed E-state index contributed by atoms with van der Waals surface area (Å²) in [5, 5.41) is 2.68. The van der Waals surface area contributed by atoms with Crippen LogP contribution in [0.15, 0.2) is 42.5 Å². The van der Waals surface area contributed by atoms with Gasteiger partial charge in [0, 0.05) is 18.7 Å². The minimum Gasteiger partial charge on any atom is -0.370 e. The molecule has 0 aliphatic carbocycles. The molecule has 0 bridgehead atoms. The van der Waals surface area contributed by atoms with E-state index in [1.165, 1.54) is 30.3 Å². The first-order chi connectivity index (χ1) is 10.6. The third-order valence-electron chi connectivity index (χ3n) is 3.74. The molecule has 1 aliphatic heterocycles. The Morgan fingerprint density at radius 2 is 1.73 bits per heavy atom. The molecule has 1 aliphatic rings. The molecule has 2 aromatic rings. The molecule has 0 spiro atoms. The number of carbonyl (C=O) groups excluding carboxylic acids is 1. The first-order valence-electron chi connectivity index (χ1n) is 7.25. The molecular weight excluding hydrogens is 286 g/mol. The van der Waals surface area contributed by atoms with Crippen molar-refractivity contribution >= 4 is 17.3 Å². The van der Waals surface area contributed by atoms with Crippen LogP contribution in [0.25, 0.3) is 0 Å². The van der Waals surface area contributed by atoms with Crippen LogP contribution in [0.3, 0.4) is 0 Å². The Kier molecular flexibility index (Phi) is 4.04. The highest BCUT2D eigenvalue weighted by atomic mass is 19.1. The fourth-order valence-corrected chi connectivity index (χ4v) is 2.67. The molecule has 1 saturated heterocycles. The molecule has 0 radical (unpaired) electrons. The minimum atomic E-state index is -0.480. The van der Waals surface area contributed by atoms with Crippen LogP contribution in [0.2, 0.25) is 0 Å². The maximum Gasteiger partial charge on any atom is 0.255 e. The van der Waals surface area contributed by atoms with Crippen molar-refractivity contribution in [1.82, 2.24) is 0 Å². The summed E-state index contributed by atoms with van der Waals surface area (Å²) in [6, 6.07) is 9.77. The van der Waals surface area contributed by atoms with Crippen molar-refractivity contribution in [1.29, 1.82) is 0 Å². The number of hydrogen-bond donors (Lipinski definition) is 1. The summed E-state index contributed by atoms with van der Waals surface area (Å²) in [5.41, 5.74) is 1.41. The lowest BCUT2D eigenvalue weighted by molar-refractivity contribution is 0.102. The lowest BCUT2D eigenvalue weighted by Crippen LogP contribution is -2.21. The van der Waals surface area contributed by atoms with Crippen molar-refractivity contribution in [2.75, 3.05) is 23.3 Å². The molecular formula is C17H16F2N2O. The van der Waals surface area contributed by atoms with Gasteiger partial charge < -0.3 is 10.2 Å². The first-order valence-corrected chi connectivity index (χ1v) is 7.25. The minimum absolute atomic E-state index is 0.205. The lowest BCUT2D eigenvalue weighted by atomic mass is 10.2. The second kappa shape index (κ2) is 6.13. The Morgan fingerprint density at radius 1 is 1.00 bits per heavy atom. The topological polar surface area (TPSA) is 32.3 Å². The van der Waals surface area contributed by atoms with E-state index in [2.05, 4.69) is 10.2 Å². The van der Waals surface area contributed by atoms with E-state index in [0.29, 0.717) is 5.69 Å². The second-order valence-corrected chi connectivity index (χ2v) is 5.32. The highest BCUT2D eigenvalue weighted by Crippen LogP contribution is 2.30. The number of anilines is 2. The monoisotopic (exact) mass is 302 g/mol. The van der Waals surface area contributed by atoms with Gasteiger partial charge in [0.05, 0.1) is 11.4 Å². The summed E-state index contributed by atoms with van der Waals surface area (Å²) in [7, 11) is 0. The number of nitrogens with one attached hydrogen (secondary N) is 1. The first kappa shape index (κ1) is 14.5. The molecule has 0 unspecified atom stereocenters. The van der Waals surface area contributed by atoms with Crippen LogP contribution < -0.4 is 10.2 Å². The average Bonchev–Trinajstić information content (AvgIpc) is 3.01. The lowest BCUT2D eigenvalue weighted by Gasteiger charge is -2.21. The number of halogens is 2. The summed E-state index contributed by atoms with van der Waals surface area (Å²) in [4.78, 5) is 14.3. The highest BCUT2D eigenvalue weighted by Gasteiger charge is 2.18. The van der Waals surface area contributed by atoms with Crippen molar-refractivity contribution in [3.8, 4) is 0 Å². The molecule has 22 heavy (non-hydrogen) atoms. The normalized spacial score (nSPS) is 14.2. The van der Waals surface area contributed by atoms with Gasteiger partial charge in [0.15, 0.2) is 0 Å². The number of nitrogens with zero attached hydrogens (tertiary/aromatic N) is 1. The zero-order valence-electron chi connectivity index (χ0n) is 12.0. The van der Waals surface area contributed by atoms with E-state index in [1.54, 1.807) is 6.07 Å². The Bertz CT molecular complexity index is 697. The highest BCUT2D eigenvalue weighted by molar-refractivity contribution is 6.06. The van der Waals surface area contributed by atoms with Crippen LogP contribution in [0.4, 0.5) is 20.2 Å². The Labute approximate surface area is 127 Å². The fraction of sp³-hybridized carbons (Fsp3) is 0.235. The van der Waals surface area contributed by atoms with Gasteiger partial charge in [-0.25, -0.2) is 8.78 Å². The molecule has 0 atom stereocenters. The summed E-state index contributed by atoms with van der Waals surface area (Å²) >= 11 is 0. The predicted molar refractivity (Wildman–Crippen MR) is 82.2 cm³/mol. The van der Waals surface area contributed by atoms with Gasteiger partial charge in [-0.1, -0.05) is 6.07 Å². The van der Waals surface area contributed by atoms with Crippen molar-refractivity contribution in [2.24, 2.45) is 0 Å². The van der Waals surface area contributed by atoms with Crippen LogP contribution in [-0.2, 0) is 0 Å². The van der Waals surface area contributed by atoms with E-state index < -0.39 is 17.5 Å². The van der Waals surface area contributed by atoms with Crippen molar-refractivity contribution in [3.63, 3.8) is 0 Å². The maximum absolute atomic E-state index is 13.5. The van der Waals surface area contributed by atoms with Gasteiger partial charge in [-0.2, -0.15) is 0 Å². The third-order valence-corrected chi connectivity index (χ3v) is 3.74. The van der Waals surface area contributed by atoms with Gasteiger partial charge in [0.1, 0.15) is 11.6 Å². The van der Waals surface area contributed by atoms with Gasteiger partial charge >= 0.3 is 0 Å². The number of rotatable bonds is 3. The summed E-state index contributed by atoms with van der Waals surface area (Å²) in [6.07, 6.45) is 2.16. The van der Waals surface area contributed by atoms with Gasteiger partial charge in [-0.15, -0.1) is 0 Å². The predicted octanol–water partition coefficient (Wildman–Crippen LogP) is 3.82. The van der Waals surface area contributed by atoms with Gasteiger partial charge in [-0.05, 0) is 49.2 Å². The van der Waals surface area contributed by atoms with E-state index in [0.717, 1.165) is 37.7 Å². The molecule has 3 nitrogen and oxygen atoms in total. The van der Waals surface area contributed by atoms with Crippen LogP contribution in [-0.4, -0.2) is 19.0 Å². The van der Waals surface area contributed by atoms with Crippen molar-refractivity contribution in [2.45, 2.75) is 12.8 Å². The molecule has 0 saturated carbocycles. The van der Waals surface area contributed by atoms with Crippen molar-refractivity contribution < 1.29 is 13.6 Å². The largest absolute Gasteiger partial charge is 0.370 e. The number of carbonyl (C=O) groups is 1. The standard InChI is InChI=1S/C17H16F2N2O/c18-13-5-3-4-12(10-13)17(22)20-15-11-14(19)6-7-16(15)21-8-1-2-9-21/h3-7,10-11H,1-2,8-9H2,(H,20,22). The van der Waals surface area contributed by atoms with E-state index >= 15 is 0 Å². The quantitative estimate of drug-likeness (QED) is 0.935. The molecule has 2 aromatic carbocycles. The van der Waals surface area contributed by atoms with Crippen LogP contribution >= 0.6 is 0 Å². The molecule has 3 rings (SSSR count). The Morgan fingerprint density at radius 3 is 2.45 bits per heavy atom. The van der Waals surface area contributed by atoms with E-state index in [1.807, 2.05) is 0 Å². The molecule has 1 fully saturated rings. The molecule has 1 amide bonds. The number of hydrogen-bond acceptors (Lipinski definition) is 2. The maximum atomic E-state index is 13.5. The Balaban J connectivity index is 1.87. The fourth-order valence-electron chi connectivity index (χ4n) is 2.67. The molecule has 1 heterocycles. The van der Waals surface area contributed by atoms with Gasteiger partial charge in [-0.3, -0.25) is 4.79 Å². The van der Waals surface area contributed by atoms with Crippen LogP contribution in [0, 0.1) is 11.6 Å². The van der Waals surface area contributed by atoms with Gasteiger partial charge in [0.25, 0.3) is 5.91 Å². The van der Waals surface area contributed by atoms with E-state index in [-0.39, 0.29) is 5.56 Å². The van der Waals surface area contributed by atoms with Gasteiger partial charge in [0.2, 0.25) is 0 Å². The second-order valence-electron chi connectivity index (χ2n) is 5.32.